The standard InChI is InChI=1S/C14H10Br3NO/c1-8-6-9(15)3-5-13(8)18-14(19)11-4-2-10(16)7-12(11)17/h2-7H,1H3,(H,18,19). The number of rotatable bonds is 2. The van der Waals surface area contributed by atoms with Gasteiger partial charge in [0.05, 0.1) is 5.56 Å². The summed E-state index contributed by atoms with van der Waals surface area (Å²) >= 11 is 10.2. The van der Waals surface area contributed by atoms with Gasteiger partial charge in [-0.2, -0.15) is 0 Å². The third kappa shape index (κ3) is 3.68. The minimum atomic E-state index is -0.134. The normalized spacial score (nSPS) is 10.3. The summed E-state index contributed by atoms with van der Waals surface area (Å²) in [6.07, 6.45) is 0. The second-order valence-corrected chi connectivity index (χ2v) is 6.72. The Labute approximate surface area is 137 Å². The Balaban J connectivity index is 2.25. The maximum atomic E-state index is 12.2. The van der Waals surface area contributed by atoms with Gasteiger partial charge in [0.15, 0.2) is 0 Å². The molecule has 0 aliphatic rings. The molecule has 0 heterocycles. The molecular weight excluding hydrogens is 438 g/mol. The molecule has 1 amide bonds. The fourth-order valence-electron chi connectivity index (χ4n) is 1.63. The van der Waals surface area contributed by atoms with Gasteiger partial charge in [0.2, 0.25) is 0 Å². The van der Waals surface area contributed by atoms with Crippen molar-refractivity contribution in [3.05, 3.63) is 60.9 Å². The first-order chi connectivity index (χ1) is 8.97. The summed E-state index contributed by atoms with van der Waals surface area (Å²) in [6, 6.07) is 11.2. The molecule has 0 radical (unpaired) electrons. The van der Waals surface area contributed by atoms with E-state index >= 15 is 0 Å². The Kier molecular flexibility index (Phi) is 4.81. The van der Waals surface area contributed by atoms with Crippen molar-refractivity contribution in [2.45, 2.75) is 6.92 Å². The van der Waals surface area contributed by atoms with Gasteiger partial charge >= 0.3 is 0 Å². The van der Waals surface area contributed by atoms with E-state index in [1.54, 1.807) is 6.07 Å². The van der Waals surface area contributed by atoms with Crippen LogP contribution in [0.3, 0.4) is 0 Å². The molecule has 0 fully saturated rings. The van der Waals surface area contributed by atoms with E-state index in [0.29, 0.717) is 5.56 Å². The van der Waals surface area contributed by atoms with Crippen LogP contribution in [0.1, 0.15) is 15.9 Å². The SMILES string of the molecule is Cc1cc(Br)ccc1NC(=O)c1ccc(Br)cc1Br. The predicted molar refractivity (Wildman–Crippen MR) is 88.7 cm³/mol. The third-order valence-electron chi connectivity index (χ3n) is 2.61. The zero-order valence-corrected chi connectivity index (χ0v) is 14.8. The minimum Gasteiger partial charge on any atom is -0.322 e. The summed E-state index contributed by atoms with van der Waals surface area (Å²) in [5.74, 6) is -0.134. The molecule has 2 rings (SSSR count). The van der Waals surface area contributed by atoms with E-state index in [2.05, 4.69) is 53.1 Å². The number of carbonyl (C=O) groups excluding carboxylic acids is 1. The largest absolute Gasteiger partial charge is 0.322 e. The first kappa shape index (κ1) is 14.8. The summed E-state index contributed by atoms with van der Waals surface area (Å²) in [5, 5.41) is 2.91. The van der Waals surface area contributed by atoms with Crippen LogP contribution < -0.4 is 5.32 Å². The van der Waals surface area contributed by atoms with Gasteiger partial charge in [0.1, 0.15) is 0 Å². The number of carbonyl (C=O) groups is 1. The maximum absolute atomic E-state index is 12.2. The minimum absolute atomic E-state index is 0.134. The topological polar surface area (TPSA) is 29.1 Å². The monoisotopic (exact) mass is 445 g/mol. The Morgan fingerprint density at radius 2 is 1.63 bits per heavy atom. The molecule has 0 aliphatic carbocycles. The fourth-order valence-corrected chi connectivity index (χ4v) is 3.33. The van der Waals surface area contributed by atoms with Crippen LogP contribution in [-0.4, -0.2) is 5.91 Å². The summed E-state index contributed by atoms with van der Waals surface area (Å²) in [4.78, 5) is 12.2. The van der Waals surface area contributed by atoms with Crippen molar-refractivity contribution in [1.82, 2.24) is 0 Å². The van der Waals surface area contributed by atoms with E-state index < -0.39 is 0 Å². The molecule has 2 nitrogen and oxygen atoms in total. The molecule has 0 unspecified atom stereocenters. The summed E-state index contributed by atoms with van der Waals surface area (Å²) < 4.78 is 2.68. The third-order valence-corrected chi connectivity index (χ3v) is 4.26. The van der Waals surface area contributed by atoms with Gasteiger partial charge in [-0.25, -0.2) is 0 Å². The van der Waals surface area contributed by atoms with Crippen LogP contribution in [0.25, 0.3) is 0 Å². The van der Waals surface area contributed by atoms with Crippen LogP contribution in [0.5, 0.6) is 0 Å². The molecule has 0 aromatic heterocycles. The summed E-state index contributed by atoms with van der Waals surface area (Å²) in [7, 11) is 0. The zero-order chi connectivity index (χ0) is 14.0. The average molecular weight is 448 g/mol. The van der Waals surface area contributed by atoms with Crippen LogP contribution >= 0.6 is 47.8 Å². The molecular formula is C14H10Br3NO. The van der Waals surface area contributed by atoms with Crippen LogP contribution in [0.2, 0.25) is 0 Å². The lowest BCUT2D eigenvalue weighted by atomic mass is 10.1. The molecule has 1 N–H and O–H groups in total. The van der Waals surface area contributed by atoms with E-state index in [-0.39, 0.29) is 5.91 Å². The molecule has 0 atom stereocenters. The molecule has 0 saturated heterocycles. The van der Waals surface area contributed by atoms with Crippen molar-refractivity contribution in [2.75, 3.05) is 5.32 Å². The smallest absolute Gasteiger partial charge is 0.256 e. The summed E-state index contributed by atoms with van der Waals surface area (Å²) in [6.45, 7) is 1.96. The Morgan fingerprint density at radius 1 is 1.00 bits per heavy atom. The number of amides is 1. The number of anilines is 1. The zero-order valence-electron chi connectivity index (χ0n) is 10.0. The van der Waals surface area contributed by atoms with Gasteiger partial charge in [-0.15, -0.1) is 0 Å². The molecule has 0 saturated carbocycles. The number of hydrogen-bond donors (Lipinski definition) is 1. The second-order valence-electron chi connectivity index (χ2n) is 4.04. The van der Waals surface area contributed by atoms with Gasteiger partial charge < -0.3 is 5.32 Å². The van der Waals surface area contributed by atoms with E-state index in [9.17, 15) is 4.79 Å². The lowest BCUT2D eigenvalue weighted by Gasteiger charge is -2.10. The van der Waals surface area contributed by atoms with Crippen LogP contribution in [0.15, 0.2) is 49.8 Å². The van der Waals surface area contributed by atoms with Gasteiger partial charge in [0, 0.05) is 19.1 Å². The lowest BCUT2D eigenvalue weighted by molar-refractivity contribution is 0.102. The highest BCUT2D eigenvalue weighted by Gasteiger charge is 2.11. The van der Waals surface area contributed by atoms with Crippen molar-refractivity contribution in [3.63, 3.8) is 0 Å². The highest BCUT2D eigenvalue weighted by molar-refractivity contribution is 9.11. The quantitative estimate of drug-likeness (QED) is 0.643. The van der Waals surface area contributed by atoms with E-state index in [1.165, 1.54) is 0 Å². The average Bonchev–Trinajstić information content (AvgIpc) is 2.32. The number of hydrogen-bond acceptors (Lipinski definition) is 1. The van der Waals surface area contributed by atoms with Crippen LogP contribution in [-0.2, 0) is 0 Å². The number of nitrogens with one attached hydrogen (secondary N) is 1. The molecule has 2 aromatic carbocycles. The molecule has 0 spiro atoms. The number of halogens is 3. The maximum Gasteiger partial charge on any atom is 0.256 e. The highest BCUT2D eigenvalue weighted by Crippen LogP contribution is 2.24. The Bertz CT molecular complexity index is 641. The van der Waals surface area contributed by atoms with E-state index in [1.807, 2.05) is 37.3 Å². The van der Waals surface area contributed by atoms with Gasteiger partial charge in [-0.3, -0.25) is 4.79 Å². The Hall–Kier alpha value is -0.650. The van der Waals surface area contributed by atoms with Crippen molar-refractivity contribution >= 4 is 59.4 Å². The van der Waals surface area contributed by atoms with Gasteiger partial charge in [-0.1, -0.05) is 31.9 Å². The molecule has 0 aliphatic heterocycles. The van der Waals surface area contributed by atoms with E-state index in [0.717, 1.165) is 24.7 Å². The van der Waals surface area contributed by atoms with Gasteiger partial charge in [0.25, 0.3) is 5.91 Å². The fraction of sp³-hybridized carbons (Fsp3) is 0.0714. The highest BCUT2D eigenvalue weighted by atomic mass is 79.9. The van der Waals surface area contributed by atoms with Crippen molar-refractivity contribution < 1.29 is 4.79 Å². The van der Waals surface area contributed by atoms with Crippen molar-refractivity contribution in [3.8, 4) is 0 Å². The molecule has 19 heavy (non-hydrogen) atoms. The second kappa shape index (κ2) is 6.20. The predicted octanol–water partition coefficient (Wildman–Crippen LogP) is 5.53. The van der Waals surface area contributed by atoms with Crippen molar-refractivity contribution in [2.24, 2.45) is 0 Å². The van der Waals surface area contributed by atoms with Crippen molar-refractivity contribution in [1.29, 1.82) is 0 Å². The summed E-state index contributed by atoms with van der Waals surface area (Å²) in [5.41, 5.74) is 2.42. The molecule has 98 valence electrons. The number of aryl methyl sites for hydroxylation is 1. The first-order valence-corrected chi connectivity index (χ1v) is 7.88. The van der Waals surface area contributed by atoms with Crippen LogP contribution in [0.4, 0.5) is 5.69 Å². The van der Waals surface area contributed by atoms with E-state index in [4.69, 9.17) is 0 Å². The first-order valence-electron chi connectivity index (χ1n) is 5.50. The molecule has 2 aromatic rings. The Morgan fingerprint density at radius 3 is 2.26 bits per heavy atom. The molecule has 5 heteroatoms. The molecule has 0 bridgehead atoms. The lowest BCUT2D eigenvalue weighted by Crippen LogP contribution is -2.13. The van der Waals surface area contributed by atoms with Gasteiger partial charge in [-0.05, 0) is 64.8 Å². The van der Waals surface area contributed by atoms with Crippen LogP contribution in [0, 0.1) is 6.92 Å². The number of benzene rings is 2.